The van der Waals surface area contributed by atoms with E-state index in [4.69, 9.17) is 0 Å². The van der Waals surface area contributed by atoms with Crippen LogP contribution in [0.15, 0.2) is 17.2 Å². The summed E-state index contributed by atoms with van der Waals surface area (Å²) in [4.78, 5) is 0. The Hall–Kier alpha value is -1.05. The minimum Gasteiger partial charge on any atom is -0.317 e. The Morgan fingerprint density at radius 3 is 2.44 bits per heavy atom. The molecular weight excluding hydrogens is 252 g/mol. The number of aryl methyl sites for hydroxylation is 1. The van der Waals surface area contributed by atoms with Gasteiger partial charge in [0.05, 0.1) is 5.69 Å². The van der Waals surface area contributed by atoms with E-state index < -0.39 is 10.0 Å². The molecule has 1 fully saturated rings. The number of nitrogens with one attached hydrogen (secondary N) is 1. The zero-order chi connectivity index (χ0) is 13.2. The van der Waals surface area contributed by atoms with E-state index in [0.717, 1.165) is 12.8 Å². The second-order valence-corrected chi connectivity index (χ2v) is 6.36. The summed E-state index contributed by atoms with van der Waals surface area (Å²) in [6.07, 6.45) is 1.66. The van der Waals surface area contributed by atoms with Crippen LogP contribution in [0.5, 0.6) is 0 Å². The van der Waals surface area contributed by atoms with Gasteiger partial charge in [0, 0.05) is 19.1 Å². The van der Waals surface area contributed by atoms with Crippen LogP contribution < -0.4 is 5.32 Å². The second-order valence-electron chi connectivity index (χ2n) is 4.48. The molecule has 1 saturated heterocycles. The fraction of sp³-hybridized carbons (Fsp3) is 0.636. The number of piperidine rings is 1. The quantitative estimate of drug-likeness (QED) is 0.846. The van der Waals surface area contributed by atoms with Gasteiger partial charge in [0.2, 0.25) is 0 Å². The first-order valence-electron chi connectivity index (χ1n) is 6.02. The van der Waals surface area contributed by atoms with Crippen LogP contribution in [0.4, 0.5) is 0 Å². The van der Waals surface area contributed by atoms with Gasteiger partial charge in [-0.15, -0.1) is 5.10 Å². The molecule has 2 rings (SSSR count). The van der Waals surface area contributed by atoms with Crippen molar-refractivity contribution in [2.24, 2.45) is 0 Å². The fourth-order valence-electron chi connectivity index (χ4n) is 2.04. The molecule has 1 N–H and O–H groups in total. The third-order valence-corrected chi connectivity index (χ3v) is 5.03. The highest BCUT2D eigenvalue weighted by atomic mass is 32.2. The van der Waals surface area contributed by atoms with Crippen LogP contribution in [-0.4, -0.2) is 49.1 Å². The van der Waals surface area contributed by atoms with Crippen LogP contribution in [0, 0.1) is 6.92 Å². The summed E-state index contributed by atoms with van der Waals surface area (Å²) >= 11 is 0. The Balaban J connectivity index is 2.15. The highest BCUT2D eigenvalue weighted by Crippen LogP contribution is 2.18. The van der Waals surface area contributed by atoms with Crippen molar-refractivity contribution in [1.29, 1.82) is 0 Å². The van der Waals surface area contributed by atoms with Gasteiger partial charge in [-0.25, -0.2) is 8.42 Å². The Kier molecular flexibility index (Phi) is 3.94. The Morgan fingerprint density at radius 1 is 1.28 bits per heavy atom. The molecule has 0 unspecified atom stereocenters. The van der Waals surface area contributed by atoms with Crippen molar-refractivity contribution in [2.45, 2.75) is 30.8 Å². The van der Waals surface area contributed by atoms with Gasteiger partial charge >= 0.3 is 0 Å². The third-order valence-electron chi connectivity index (χ3n) is 3.24. The summed E-state index contributed by atoms with van der Waals surface area (Å²) in [7, 11) is -1.58. The monoisotopic (exact) mass is 270 g/mol. The van der Waals surface area contributed by atoms with Gasteiger partial charge in [0.15, 0.2) is 5.03 Å². The predicted molar refractivity (Wildman–Crippen MR) is 67.6 cm³/mol. The van der Waals surface area contributed by atoms with E-state index >= 15 is 0 Å². The molecule has 1 aliphatic heterocycles. The Bertz CT molecular complexity index is 492. The average Bonchev–Trinajstić information content (AvgIpc) is 2.39. The zero-order valence-corrected chi connectivity index (χ0v) is 11.4. The first-order chi connectivity index (χ1) is 8.54. The summed E-state index contributed by atoms with van der Waals surface area (Å²) in [5.74, 6) is 0. The lowest BCUT2D eigenvalue weighted by atomic mass is 10.1. The summed E-state index contributed by atoms with van der Waals surface area (Å²) in [6.45, 7) is 2.84. The highest BCUT2D eigenvalue weighted by molar-refractivity contribution is 7.89. The lowest BCUT2D eigenvalue weighted by Gasteiger charge is -2.30. The van der Waals surface area contributed by atoms with Crippen LogP contribution in [0.25, 0.3) is 0 Å². The number of hydrogen-bond acceptors (Lipinski definition) is 5. The van der Waals surface area contributed by atoms with Crippen molar-refractivity contribution < 1.29 is 8.42 Å². The van der Waals surface area contributed by atoms with Crippen molar-refractivity contribution in [3.05, 3.63) is 17.8 Å². The molecule has 1 aliphatic rings. The van der Waals surface area contributed by atoms with E-state index in [9.17, 15) is 8.42 Å². The number of hydrogen-bond donors (Lipinski definition) is 1. The largest absolute Gasteiger partial charge is 0.317 e. The Morgan fingerprint density at radius 2 is 1.94 bits per heavy atom. The molecule has 0 aromatic carbocycles. The maximum Gasteiger partial charge on any atom is 0.262 e. The fourth-order valence-corrected chi connectivity index (χ4v) is 3.38. The van der Waals surface area contributed by atoms with E-state index in [-0.39, 0.29) is 5.03 Å². The van der Waals surface area contributed by atoms with Crippen molar-refractivity contribution in [3.8, 4) is 0 Å². The smallest absolute Gasteiger partial charge is 0.262 e. The maximum atomic E-state index is 12.3. The molecule has 0 radical (unpaired) electrons. The first kappa shape index (κ1) is 13.4. The number of nitrogens with zero attached hydrogens (tertiary/aromatic N) is 3. The molecule has 1 aromatic rings. The summed E-state index contributed by atoms with van der Waals surface area (Å²) in [6, 6.07) is 3.59. The molecule has 0 aliphatic carbocycles. The zero-order valence-electron chi connectivity index (χ0n) is 10.6. The van der Waals surface area contributed by atoms with E-state index in [0.29, 0.717) is 24.8 Å². The van der Waals surface area contributed by atoms with E-state index in [1.807, 2.05) is 7.05 Å². The maximum absolute atomic E-state index is 12.3. The van der Waals surface area contributed by atoms with E-state index in [2.05, 4.69) is 15.5 Å². The lowest BCUT2D eigenvalue weighted by Crippen LogP contribution is -2.44. The molecule has 0 spiro atoms. The van der Waals surface area contributed by atoms with Gasteiger partial charge in [-0.1, -0.05) is 0 Å². The molecule has 0 bridgehead atoms. The number of rotatable bonds is 3. The van der Waals surface area contributed by atoms with Gasteiger partial charge in [0.25, 0.3) is 10.0 Å². The standard InChI is InChI=1S/C11H18N4O2S/c1-9-3-4-11(14-13-9)18(16,17)15-7-5-10(12-2)6-8-15/h3-4,10,12H,5-8H2,1-2H3. The van der Waals surface area contributed by atoms with Gasteiger partial charge in [-0.2, -0.15) is 9.40 Å². The molecule has 0 amide bonds. The molecule has 1 aromatic heterocycles. The summed E-state index contributed by atoms with van der Waals surface area (Å²) < 4.78 is 26.1. The topological polar surface area (TPSA) is 75.2 Å². The van der Waals surface area contributed by atoms with Crippen molar-refractivity contribution in [2.75, 3.05) is 20.1 Å². The molecule has 0 saturated carbocycles. The van der Waals surface area contributed by atoms with Crippen LogP contribution in [0.1, 0.15) is 18.5 Å². The molecular formula is C11H18N4O2S. The van der Waals surface area contributed by atoms with Gasteiger partial charge in [-0.05, 0) is 38.9 Å². The summed E-state index contributed by atoms with van der Waals surface area (Å²) in [5.41, 5.74) is 0.711. The normalized spacial score (nSPS) is 19.0. The lowest BCUT2D eigenvalue weighted by molar-refractivity contribution is 0.297. The van der Waals surface area contributed by atoms with Gasteiger partial charge in [-0.3, -0.25) is 0 Å². The molecule has 100 valence electrons. The van der Waals surface area contributed by atoms with Crippen LogP contribution in [-0.2, 0) is 10.0 Å². The molecule has 18 heavy (non-hydrogen) atoms. The van der Waals surface area contributed by atoms with Crippen LogP contribution >= 0.6 is 0 Å². The van der Waals surface area contributed by atoms with Crippen molar-refractivity contribution in [3.63, 3.8) is 0 Å². The highest BCUT2D eigenvalue weighted by Gasteiger charge is 2.29. The van der Waals surface area contributed by atoms with E-state index in [1.165, 1.54) is 10.4 Å². The first-order valence-corrected chi connectivity index (χ1v) is 7.46. The summed E-state index contributed by atoms with van der Waals surface area (Å²) in [5, 5.41) is 10.8. The number of aromatic nitrogens is 2. The second kappa shape index (κ2) is 5.29. The Labute approximate surface area is 107 Å². The van der Waals surface area contributed by atoms with Crippen LogP contribution in [0.2, 0.25) is 0 Å². The van der Waals surface area contributed by atoms with Crippen molar-refractivity contribution in [1.82, 2.24) is 19.8 Å². The van der Waals surface area contributed by atoms with Gasteiger partial charge < -0.3 is 5.32 Å². The number of sulfonamides is 1. The van der Waals surface area contributed by atoms with Crippen LogP contribution in [0.3, 0.4) is 0 Å². The molecule has 7 heteroatoms. The molecule has 2 heterocycles. The molecule has 0 atom stereocenters. The SMILES string of the molecule is CNC1CCN(S(=O)(=O)c2ccc(C)nn2)CC1. The molecule has 6 nitrogen and oxygen atoms in total. The third kappa shape index (κ3) is 2.68. The predicted octanol–water partition coefficient (Wildman–Crippen LogP) is 0.158. The van der Waals surface area contributed by atoms with Gasteiger partial charge in [0.1, 0.15) is 0 Å². The minimum atomic E-state index is -3.48. The minimum absolute atomic E-state index is 0.0380. The average molecular weight is 270 g/mol. The van der Waals surface area contributed by atoms with Crippen molar-refractivity contribution >= 4 is 10.0 Å². The van der Waals surface area contributed by atoms with E-state index in [1.54, 1.807) is 13.0 Å².